The Labute approximate surface area is 118 Å². The van der Waals surface area contributed by atoms with Crippen molar-refractivity contribution in [1.82, 2.24) is 19.7 Å². The van der Waals surface area contributed by atoms with Crippen LogP contribution in [0.5, 0.6) is 0 Å². The third-order valence-corrected chi connectivity index (χ3v) is 4.07. The van der Waals surface area contributed by atoms with E-state index in [-0.39, 0.29) is 11.9 Å². The molecule has 1 N–H and O–H groups in total. The van der Waals surface area contributed by atoms with Gasteiger partial charge in [0, 0.05) is 31.7 Å². The van der Waals surface area contributed by atoms with Crippen molar-refractivity contribution in [3.05, 3.63) is 42.0 Å². The van der Waals surface area contributed by atoms with E-state index in [1.54, 1.807) is 12.3 Å². The van der Waals surface area contributed by atoms with Crippen LogP contribution in [0.4, 0.5) is 0 Å². The van der Waals surface area contributed by atoms with Crippen molar-refractivity contribution >= 4 is 5.91 Å². The Morgan fingerprint density at radius 2 is 2.25 bits per heavy atom. The summed E-state index contributed by atoms with van der Waals surface area (Å²) in [5.74, 6) is 0.0515. The third kappa shape index (κ3) is 2.35. The highest BCUT2D eigenvalue weighted by Gasteiger charge is 2.29. The minimum atomic E-state index is 0.0515. The zero-order valence-corrected chi connectivity index (χ0v) is 11.7. The van der Waals surface area contributed by atoms with Crippen LogP contribution in [0.15, 0.2) is 30.6 Å². The van der Waals surface area contributed by atoms with Crippen LogP contribution in [-0.4, -0.2) is 32.1 Å². The number of aryl methyl sites for hydroxylation is 1. The van der Waals surface area contributed by atoms with E-state index < -0.39 is 0 Å². The maximum atomic E-state index is 12.7. The minimum Gasteiger partial charge on any atom is -0.353 e. The predicted octanol–water partition coefficient (Wildman–Crippen LogP) is 2.51. The monoisotopic (exact) mass is 272 g/mol. The van der Waals surface area contributed by atoms with Gasteiger partial charge in [-0.25, -0.2) is 0 Å². The molecule has 20 heavy (non-hydrogen) atoms. The number of hydrogen-bond donors (Lipinski definition) is 1. The van der Waals surface area contributed by atoms with E-state index in [1.807, 2.05) is 24.2 Å². The number of carbonyl (C=O) groups is 1. The first-order valence-electron chi connectivity index (χ1n) is 7.19. The van der Waals surface area contributed by atoms with Gasteiger partial charge in [-0.3, -0.25) is 9.89 Å². The molecule has 1 saturated heterocycles. The van der Waals surface area contributed by atoms with Crippen LogP contribution < -0.4 is 0 Å². The van der Waals surface area contributed by atoms with Gasteiger partial charge in [0.05, 0.1) is 6.04 Å². The van der Waals surface area contributed by atoms with Crippen LogP contribution in [0.25, 0.3) is 0 Å². The second-order valence-electron chi connectivity index (χ2n) is 5.38. The molecule has 0 bridgehead atoms. The summed E-state index contributed by atoms with van der Waals surface area (Å²) in [6.45, 7) is 0.813. The van der Waals surface area contributed by atoms with E-state index in [2.05, 4.69) is 20.8 Å². The van der Waals surface area contributed by atoms with Gasteiger partial charge in [0.25, 0.3) is 5.91 Å². The van der Waals surface area contributed by atoms with Crippen LogP contribution in [0.1, 0.15) is 47.9 Å². The van der Waals surface area contributed by atoms with E-state index in [4.69, 9.17) is 0 Å². The van der Waals surface area contributed by atoms with E-state index in [0.29, 0.717) is 5.69 Å². The van der Waals surface area contributed by atoms with Crippen molar-refractivity contribution in [3.8, 4) is 0 Å². The first-order valence-corrected chi connectivity index (χ1v) is 7.19. The molecule has 0 aromatic carbocycles. The summed E-state index contributed by atoms with van der Waals surface area (Å²) in [6.07, 6.45) is 8.12. The van der Waals surface area contributed by atoms with Gasteiger partial charge in [0.1, 0.15) is 5.69 Å². The molecule has 1 atom stereocenters. The molecular weight excluding hydrogens is 252 g/mol. The SMILES string of the molecule is Cn1cccc1C1CCCCCN1C(=O)c1ccn[nH]1. The first kappa shape index (κ1) is 13.0. The summed E-state index contributed by atoms with van der Waals surface area (Å²) in [7, 11) is 2.04. The standard InChI is InChI=1S/C15H20N4O/c1-18-10-5-7-13(18)14-6-3-2-4-11-19(14)15(20)12-8-9-16-17-12/h5,7-10,14H,2-4,6,11H2,1H3,(H,16,17). The van der Waals surface area contributed by atoms with Gasteiger partial charge >= 0.3 is 0 Å². The highest BCUT2D eigenvalue weighted by atomic mass is 16.2. The van der Waals surface area contributed by atoms with Gasteiger partial charge in [-0.05, 0) is 31.0 Å². The molecule has 0 saturated carbocycles. The topological polar surface area (TPSA) is 53.9 Å². The zero-order chi connectivity index (χ0) is 13.9. The second kappa shape index (κ2) is 5.53. The average Bonchev–Trinajstić information content (AvgIpc) is 3.05. The fourth-order valence-corrected chi connectivity index (χ4v) is 3.01. The molecule has 2 aromatic rings. The maximum absolute atomic E-state index is 12.7. The smallest absolute Gasteiger partial charge is 0.272 e. The largest absolute Gasteiger partial charge is 0.353 e. The molecule has 106 valence electrons. The fraction of sp³-hybridized carbons (Fsp3) is 0.467. The Hall–Kier alpha value is -2.04. The number of nitrogens with zero attached hydrogens (tertiary/aromatic N) is 3. The van der Waals surface area contributed by atoms with Gasteiger partial charge in [-0.15, -0.1) is 0 Å². The summed E-state index contributed by atoms with van der Waals surface area (Å²) in [5.41, 5.74) is 1.78. The van der Waals surface area contributed by atoms with Crippen LogP contribution >= 0.6 is 0 Å². The molecule has 0 spiro atoms. The van der Waals surface area contributed by atoms with E-state index in [1.165, 1.54) is 18.5 Å². The summed E-state index contributed by atoms with van der Waals surface area (Å²) in [5, 5.41) is 6.68. The molecule has 0 aliphatic carbocycles. The molecule has 5 heteroatoms. The number of carbonyl (C=O) groups excluding carboxylic acids is 1. The molecule has 3 heterocycles. The molecule has 1 amide bonds. The molecule has 1 aliphatic rings. The molecule has 1 fully saturated rings. The lowest BCUT2D eigenvalue weighted by atomic mass is 10.1. The highest BCUT2D eigenvalue weighted by molar-refractivity contribution is 5.92. The Bertz CT molecular complexity index is 572. The average molecular weight is 272 g/mol. The predicted molar refractivity (Wildman–Crippen MR) is 76.2 cm³/mol. The Kier molecular flexibility index (Phi) is 3.58. The van der Waals surface area contributed by atoms with Crippen molar-refractivity contribution in [2.24, 2.45) is 7.05 Å². The van der Waals surface area contributed by atoms with Gasteiger partial charge in [-0.1, -0.05) is 12.8 Å². The van der Waals surface area contributed by atoms with Gasteiger partial charge in [-0.2, -0.15) is 5.10 Å². The second-order valence-corrected chi connectivity index (χ2v) is 5.38. The number of aromatic amines is 1. The van der Waals surface area contributed by atoms with Crippen molar-refractivity contribution in [3.63, 3.8) is 0 Å². The molecule has 3 rings (SSSR count). The molecule has 2 aromatic heterocycles. The Morgan fingerprint density at radius 3 is 2.95 bits per heavy atom. The number of H-pyrrole nitrogens is 1. The lowest BCUT2D eigenvalue weighted by Gasteiger charge is -2.30. The number of nitrogens with one attached hydrogen (secondary N) is 1. The molecular formula is C15H20N4O. The summed E-state index contributed by atoms with van der Waals surface area (Å²) in [4.78, 5) is 14.7. The first-order chi connectivity index (χ1) is 9.77. The van der Waals surface area contributed by atoms with Crippen molar-refractivity contribution in [2.45, 2.75) is 31.7 Å². The lowest BCUT2D eigenvalue weighted by molar-refractivity contribution is 0.0668. The number of hydrogen-bond acceptors (Lipinski definition) is 2. The van der Waals surface area contributed by atoms with Crippen molar-refractivity contribution < 1.29 is 4.79 Å². The van der Waals surface area contributed by atoms with Gasteiger partial charge in [0.15, 0.2) is 0 Å². The molecule has 5 nitrogen and oxygen atoms in total. The minimum absolute atomic E-state index is 0.0515. The van der Waals surface area contributed by atoms with Crippen molar-refractivity contribution in [2.75, 3.05) is 6.54 Å². The number of likely N-dealkylation sites (tertiary alicyclic amines) is 1. The summed E-state index contributed by atoms with van der Waals surface area (Å²) < 4.78 is 2.11. The van der Waals surface area contributed by atoms with Gasteiger partial charge < -0.3 is 9.47 Å². The quantitative estimate of drug-likeness (QED) is 0.913. The Morgan fingerprint density at radius 1 is 1.35 bits per heavy atom. The van der Waals surface area contributed by atoms with Crippen molar-refractivity contribution in [1.29, 1.82) is 0 Å². The van der Waals surface area contributed by atoms with E-state index in [0.717, 1.165) is 19.4 Å². The Balaban J connectivity index is 1.92. The number of amides is 1. The summed E-state index contributed by atoms with van der Waals surface area (Å²) >= 11 is 0. The highest BCUT2D eigenvalue weighted by Crippen LogP contribution is 2.31. The van der Waals surface area contributed by atoms with E-state index in [9.17, 15) is 4.79 Å². The number of aromatic nitrogens is 3. The number of rotatable bonds is 2. The summed E-state index contributed by atoms with van der Waals surface area (Å²) in [6, 6.07) is 6.06. The van der Waals surface area contributed by atoms with Crippen LogP contribution in [-0.2, 0) is 7.05 Å². The third-order valence-electron chi connectivity index (χ3n) is 4.07. The van der Waals surface area contributed by atoms with Crippen LogP contribution in [0, 0.1) is 0 Å². The zero-order valence-electron chi connectivity index (χ0n) is 11.7. The lowest BCUT2D eigenvalue weighted by Crippen LogP contribution is -2.35. The molecule has 1 unspecified atom stereocenters. The maximum Gasteiger partial charge on any atom is 0.272 e. The normalized spacial score (nSPS) is 19.9. The van der Waals surface area contributed by atoms with Crippen LogP contribution in [0.2, 0.25) is 0 Å². The molecule has 0 radical (unpaired) electrons. The van der Waals surface area contributed by atoms with Crippen LogP contribution in [0.3, 0.4) is 0 Å². The molecule has 1 aliphatic heterocycles. The van der Waals surface area contributed by atoms with E-state index >= 15 is 0 Å². The van der Waals surface area contributed by atoms with Gasteiger partial charge in [0.2, 0.25) is 0 Å². The fourth-order valence-electron chi connectivity index (χ4n) is 3.01.